The fraction of sp³-hybridized carbons (Fsp3) is 0.533. The van der Waals surface area contributed by atoms with Crippen molar-refractivity contribution in [2.24, 2.45) is 0 Å². The van der Waals surface area contributed by atoms with Crippen molar-refractivity contribution in [1.29, 1.82) is 0 Å². The van der Waals surface area contributed by atoms with Gasteiger partial charge in [-0.15, -0.1) is 0 Å². The molecule has 0 saturated carbocycles. The molecular formula is C15H20N2O4. The number of fused-ring (bicyclic) bond motifs is 1. The van der Waals surface area contributed by atoms with E-state index in [1.807, 2.05) is 0 Å². The number of nitrogens with one attached hydrogen (secondary N) is 1. The summed E-state index contributed by atoms with van der Waals surface area (Å²) in [4.78, 5) is 13.8. The van der Waals surface area contributed by atoms with Gasteiger partial charge in [0.1, 0.15) is 0 Å². The molecule has 1 aromatic rings. The molecule has 1 atom stereocenters. The van der Waals surface area contributed by atoms with Crippen LogP contribution in [0.15, 0.2) is 18.2 Å². The number of likely N-dealkylation sites (N-methyl/N-ethyl adjacent to an activating group) is 1. The molecule has 1 saturated heterocycles. The predicted octanol–water partition coefficient (Wildman–Crippen LogP) is 2.45. The molecule has 6 nitrogen and oxygen atoms in total. The quantitative estimate of drug-likeness (QED) is 0.929. The number of carbonyl (C=O) groups excluding carboxylic acids is 1. The van der Waals surface area contributed by atoms with E-state index in [2.05, 4.69) is 5.32 Å². The Balaban J connectivity index is 1.55. The van der Waals surface area contributed by atoms with Crippen LogP contribution in [0.3, 0.4) is 0 Å². The van der Waals surface area contributed by atoms with E-state index < -0.39 is 0 Å². The lowest BCUT2D eigenvalue weighted by molar-refractivity contribution is 0.00463. The molecule has 2 aliphatic heterocycles. The summed E-state index contributed by atoms with van der Waals surface area (Å²) in [6.45, 7) is 1.63. The first-order valence-electron chi connectivity index (χ1n) is 7.26. The predicted molar refractivity (Wildman–Crippen MR) is 77.8 cm³/mol. The van der Waals surface area contributed by atoms with Gasteiger partial charge in [0, 0.05) is 32.0 Å². The molecule has 0 aromatic heterocycles. The molecule has 1 unspecified atom stereocenters. The summed E-state index contributed by atoms with van der Waals surface area (Å²) in [6.07, 6.45) is 3.44. The van der Waals surface area contributed by atoms with Crippen LogP contribution >= 0.6 is 0 Å². The highest BCUT2D eigenvalue weighted by atomic mass is 16.7. The number of hydrogen-bond donors (Lipinski definition) is 1. The first-order chi connectivity index (χ1) is 10.2. The van der Waals surface area contributed by atoms with E-state index in [0.717, 1.165) is 19.4 Å². The lowest BCUT2D eigenvalue weighted by atomic mass is 10.1. The molecule has 1 aromatic carbocycles. The molecule has 2 aliphatic rings. The first-order valence-corrected chi connectivity index (χ1v) is 7.26. The van der Waals surface area contributed by atoms with Gasteiger partial charge in [-0.1, -0.05) is 0 Å². The fourth-order valence-corrected chi connectivity index (χ4v) is 2.53. The Hall–Kier alpha value is -1.95. The molecule has 2 heterocycles. The Morgan fingerprint density at radius 3 is 3.00 bits per heavy atom. The largest absolute Gasteiger partial charge is 0.454 e. The third-order valence-corrected chi connectivity index (χ3v) is 3.72. The lowest BCUT2D eigenvalue weighted by Crippen LogP contribution is -2.39. The van der Waals surface area contributed by atoms with E-state index in [9.17, 15) is 4.79 Å². The first kappa shape index (κ1) is 14.0. The van der Waals surface area contributed by atoms with Crippen molar-refractivity contribution in [2.45, 2.75) is 25.4 Å². The number of ether oxygens (including phenoxy) is 3. The highest BCUT2D eigenvalue weighted by Crippen LogP contribution is 2.34. The van der Waals surface area contributed by atoms with Crippen molar-refractivity contribution in [1.82, 2.24) is 4.90 Å². The van der Waals surface area contributed by atoms with Crippen LogP contribution in [0.4, 0.5) is 10.5 Å². The van der Waals surface area contributed by atoms with Crippen molar-refractivity contribution < 1.29 is 19.0 Å². The van der Waals surface area contributed by atoms with E-state index in [1.165, 1.54) is 6.42 Å². The van der Waals surface area contributed by atoms with Gasteiger partial charge in [-0.05, 0) is 31.4 Å². The number of urea groups is 1. The van der Waals surface area contributed by atoms with Gasteiger partial charge in [-0.25, -0.2) is 4.79 Å². The summed E-state index contributed by atoms with van der Waals surface area (Å²) >= 11 is 0. The molecule has 0 aliphatic carbocycles. The molecule has 0 radical (unpaired) electrons. The van der Waals surface area contributed by atoms with E-state index in [0.29, 0.717) is 23.7 Å². The monoisotopic (exact) mass is 292 g/mol. The SMILES string of the molecule is CN(CC1CCCCO1)C(=O)Nc1ccc2c(c1)OCO2. The molecule has 6 heteroatoms. The number of benzene rings is 1. The van der Waals surface area contributed by atoms with Crippen LogP contribution in [0, 0.1) is 0 Å². The van der Waals surface area contributed by atoms with Crippen LogP contribution in [0.1, 0.15) is 19.3 Å². The van der Waals surface area contributed by atoms with Gasteiger partial charge < -0.3 is 24.4 Å². The average molecular weight is 292 g/mol. The molecule has 21 heavy (non-hydrogen) atoms. The number of hydrogen-bond acceptors (Lipinski definition) is 4. The summed E-state index contributed by atoms with van der Waals surface area (Å²) in [5.41, 5.74) is 0.695. The van der Waals surface area contributed by atoms with Crippen molar-refractivity contribution in [3.8, 4) is 11.5 Å². The maximum atomic E-state index is 12.2. The van der Waals surface area contributed by atoms with E-state index in [1.54, 1.807) is 30.1 Å². The molecule has 0 spiro atoms. The Labute approximate surface area is 124 Å². The highest BCUT2D eigenvalue weighted by Gasteiger charge is 2.19. The van der Waals surface area contributed by atoms with Gasteiger partial charge in [0.05, 0.1) is 6.10 Å². The van der Waals surface area contributed by atoms with Crippen LogP contribution in [0.5, 0.6) is 11.5 Å². The zero-order valence-electron chi connectivity index (χ0n) is 12.1. The van der Waals surface area contributed by atoms with Crippen molar-refractivity contribution in [2.75, 3.05) is 32.3 Å². The van der Waals surface area contributed by atoms with Crippen molar-refractivity contribution >= 4 is 11.7 Å². The second kappa shape index (κ2) is 6.22. The lowest BCUT2D eigenvalue weighted by Gasteiger charge is -2.27. The fourth-order valence-electron chi connectivity index (χ4n) is 2.53. The number of amides is 2. The van der Waals surface area contributed by atoms with Crippen LogP contribution in [-0.4, -0.2) is 44.0 Å². The smallest absolute Gasteiger partial charge is 0.321 e. The number of carbonyl (C=O) groups is 1. The zero-order chi connectivity index (χ0) is 14.7. The highest BCUT2D eigenvalue weighted by molar-refractivity contribution is 5.89. The summed E-state index contributed by atoms with van der Waals surface area (Å²) in [5.74, 6) is 1.36. The maximum Gasteiger partial charge on any atom is 0.321 e. The van der Waals surface area contributed by atoms with Gasteiger partial charge in [-0.3, -0.25) is 0 Å². The standard InChI is InChI=1S/C15H20N2O4/c1-17(9-12-4-2-3-7-19-12)15(18)16-11-5-6-13-14(8-11)21-10-20-13/h5-6,8,12H,2-4,7,9-10H2,1H3,(H,16,18). The van der Waals surface area contributed by atoms with E-state index in [-0.39, 0.29) is 18.9 Å². The minimum atomic E-state index is -0.150. The third kappa shape index (κ3) is 3.39. The molecule has 3 rings (SSSR count). The Kier molecular flexibility index (Phi) is 4.15. The van der Waals surface area contributed by atoms with Crippen LogP contribution < -0.4 is 14.8 Å². The second-order valence-electron chi connectivity index (χ2n) is 5.37. The minimum absolute atomic E-state index is 0.145. The van der Waals surface area contributed by atoms with Gasteiger partial charge >= 0.3 is 6.03 Å². The Bertz CT molecular complexity index is 514. The van der Waals surface area contributed by atoms with Gasteiger partial charge in [0.25, 0.3) is 0 Å². The van der Waals surface area contributed by atoms with Crippen LogP contribution in [-0.2, 0) is 4.74 Å². The Morgan fingerprint density at radius 1 is 1.33 bits per heavy atom. The van der Waals surface area contributed by atoms with E-state index in [4.69, 9.17) is 14.2 Å². The Morgan fingerprint density at radius 2 is 2.19 bits per heavy atom. The normalized spacial score (nSPS) is 20.1. The number of nitrogens with zero attached hydrogens (tertiary/aromatic N) is 1. The molecule has 0 bridgehead atoms. The topological polar surface area (TPSA) is 60.0 Å². The van der Waals surface area contributed by atoms with Gasteiger partial charge in [-0.2, -0.15) is 0 Å². The van der Waals surface area contributed by atoms with Crippen LogP contribution in [0.2, 0.25) is 0 Å². The van der Waals surface area contributed by atoms with Crippen molar-refractivity contribution in [3.05, 3.63) is 18.2 Å². The summed E-state index contributed by atoms with van der Waals surface area (Å²) in [5, 5.41) is 2.86. The third-order valence-electron chi connectivity index (χ3n) is 3.72. The minimum Gasteiger partial charge on any atom is -0.454 e. The molecule has 1 N–H and O–H groups in total. The van der Waals surface area contributed by atoms with Crippen LogP contribution in [0.25, 0.3) is 0 Å². The maximum absolute atomic E-state index is 12.2. The van der Waals surface area contributed by atoms with E-state index >= 15 is 0 Å². The van der Waals surface area contributed by atoms with Gasteiger partial charge in [0.2, 0.25) is 6.79 Å². The second-order valence-corrected chi connectivity index (χ2v) is 5.37. The zero-order valence-corrected chi connectivity index (χ0v) is 12.1. The average Bonchev–Trinajstić information content (AvgIpc) is 2.95. The number of rotatable bonds is 3. The summed E-state index contributed by atoms with van der Waals surface area (Å²) in [7, 11) is 1.78. The molecule has 114 valence electrons. The molecular weight excluding hydrogens is 272 g/mol. The molecule has 2 amide bonds. The molecule has 1 fully saturated rings. The van der Waals surface area contributed by atoms with Crippen molar-refractivity contribution in [3.63, 3.8) is 0 Å². The summed E-state index contributed by atoms with van der Waals surface area (Å²) < 4.78 is 16.2. The van der Waals surface area contributed by atoms with Gasteiger partial charge in [0.15, 0.2) is 11.5 Å². The summed E-state index contributed by atoms with van der Waals surface area (Å²) in [6, 6.07) is 5.21. The number of anilines is 1.